The van der Waals surface area contributed by atoms with Gasteiger partial charge in [-0.25, -0.2) is 0 Å². The maximum atomic E-state index is 5.70. The van der Waals surface area contributed by atoms with E-state index in [9.17, 15) is 0 Å². The molecule has 2 aromatic heterocycles. The largest absolute Gasteiger partial charge is 0.330 e. The summed E-state index contributed by atoms with van der Waals surface area (Å²) < 4.78 is 1.86. The number of aromatic nitrogens is 2. The molecule has 0 amide bonds. The van der Waals surface area contributed by atoms with Crippen LogP contribution in [0.2, 0.25) is 0 Å². The van der Waals surface area contributed by atoms with Gasteiger partial charge in [0.2, 0.25) is 0 Å². The summed E-state index contributed by atoms with van der Waals surface area (Å²) in [6.07, 6.45) is 7.84. The van der Waals surface area contributed by atoms with Crippen LogP contribution < -0.4 is 5.73 Å². The highest BCUT2D eigenvalue weighted by Crippen LogP contribution is 2.29. The fourth-order valence-corrected chi connectivity index (χ4v) is 4.18. The van der Waals surface area contributed by atoms with E-state index in [0.717, 1.165) is 19.0 Å². The molecule has 21 heavy (non-hydrogen) atoms. The number of hydrogen-bond acceptors (Lipinski definition) is 4. The van der Waals surface area contributed by atoms with Crippen LogP contribution in [0, 0.1) is 5.92 Å². The topological polar surface area (TPSA) is 47.1 Å². The first-order valence-electron chi connectivity index (χ1n) is 7.75. The van der Waals surface area contributed by atoms with Gasteiger partial charge in [0.15, 0.2) is 0 Å². The molecule has 0 spiro atoms. The Hall–Kier alpha value is -1.17. The second-order valence-electron chi connectivity index (χ2n) is 5.99. The third-order valence-electron chi connectivity index (χ3n) is 4.21. The van der Waals surface area contributed by atoms with Gasteiger partial charge in [0.05, 0.1) is 6.20 Å². The molecule has 1 unspecified atom stereocenters. The van der Waals surface area contributed by atoms with Crippen molar-refractivity contribution in [3.05, 3.63) is 29.4 Å². The quantitative estimate of drug-likeness (QED) is 0.924. The summed E-state index contributed by atoms with van der Waals surface area (Å²) in [4.78, 5) is 5.35. The maximum Gasteiger partial charge on any atom is 0.0576 e. The van der Waals surface area contributed by atoms with Gasteiger partial charge in [-0.1, -0.05) is 0 Å². The van der Waals surface area contributed by atoms with Crippen molar-refractivity contribution in [2.24, 2.45) is 18.7 Å². The Morgan fingerprint density at radius 3 is 3.10 bits per heavy atom. The first-order chi connectivity index (χ1) is 10.2. The number of piperidine rings is 1. The Morgan fingerprint density at radius 2 is 2.33 bits per heavy atom. The zero-order valence-corrected chi connectivity index (χ0v) is 13.5. The molecule has 1 aliphatic rings. The SMILES string of the molecule is Cn1cc(-c2ccc(CN3CCCC(CCN)C3)s2)cn1. The zero-order chi connectivity index (χ0) is 14.7. The summed E-state index contributed by atoms with van der Waals surface area (Å²) in [6.45, 7) is 4.33. The second kappa shape index (κ2) is 6.73. The number of nitrogens with zero attached hydrogens (tertiary/aromatic N) is 3. The van der Waals surface area contributed by atoms with E-state index in [4.69, 9.17) is 5.73 Å². The molecule has 0 aromatic carbocycles. The van der Waals surface area contributed by atoms with Gasteiger partial charge in [-0.2, -0.15) is 5.10 Å². The van der Waals surface area contributed by atoms with Crippen LogP contribution in [0.1, 0.15) is 24.1 Å². The van der Waals surface area contributed by atoms with Crippen LogP contribution in [0.4, 0.5) is 0 Å². The molecule has 1 atom stereocenters. The number of likely N-dealkylation sites (tertiary alicyclic amines) is 1. The van der Waals surface area contributed by atoms with Crippen LogP contribution >= 0.6 is 11.3 Å². The van der Waals surface area contributed by atoms with Gasteiger partial charge in [-0.15, -0.1) is 11.3 Å². The first-order valence-corrected chi connectivity index (χ1v) is 8.56. The summed E-state index contributed by atoms with van der Waals surface area (Å²) in [6, 6.07) is 4.48. The molecule has 3 heterocycles. The van der Waals surface area contributed by atoms with E-state index < -0.39 is 0 Å². The average Bonchev–Trinajstić information content (AvgIpc) is 3.09. The van der Waals surface area contributed by atoms with Gasteiger partial charge in [0.25, 0.3) is 0 Å². The molecule has 2 aromatic rings. The fraction of sp³-hybridized carbons (Fsp3) is 0.562. The standard InChI is InChI=1S/C16H24N4S/c1-19-11-14(9-18-19)16-5-4-15(21-16)12-20-8-2-3-13(10-20)6-7-17/h4-5,9,11,13H,2-3,6-8,10,12,17H2,1H3. The molecule has 114 valence electrons. The minimum absolute atomic E-state index is 0.793. The lowest BCUT2D eigenvalue weighted by atomic mass is 9.95. The lowest BCUT2D eigenvalue weighted by Gasteiger charge is -2.32. The molecular formula is C16H24N4S. The van der Waals surface area contributed by atoms with Crippen LogP contribution in [0.5, 0.6) is 0 Å². The molecule has 0 aliphatic carbocycles. The monoisotopic (exact) mass is 304 g/mol. The Morgan fingerprint density at radius 1 is 1.43 bits per heavy atom. The van der Waals surface area contributed by atoms with E-state index in [-0.39, 0.29) is 0 Å². The summed E-state index contributed by atoms with van der Waals surface area (Å²) in [5.41, 5.74) is 6.92. The van der Waals surface area contributed by atoms with Crippen molar-refractivity contribution in [3.63, 3.8) is 0 Å². The van der Waals surface area contributed by atoms with Crippen molar-refractivity contribution in [2.45, 2.75) is 25.8 Å². The van der Waals surface area contributed by atoms with E-state index in [1.54, 1.807) is 0 Å². The summed E-state index contributed by atoms with van der Waals surface area (Å²) in [5.74, 6) is 0.793. The molecular weight excluding hydrogens is 280 g/mol. The Kier molecular flexibility index (Phi) is 4.73. The molecule has 3 rings (SSSR count). The first kappa shape index (κ1) is 14.8. The highest BCUT2D eigenvalue weighted by atomic mass is 32.1. The number of aryl methyl sites for hydroxylation is 1. The molecule has 2 N–H and O–H groups in total. The van der Waals surface area contributed by atoms with Crippen molar-refractivity contribution >= 4 is 11.3 Å². The number of hydrogen-bond donors (Lipinski definition) is 1. The van der Waals surface area contributed by atoms with Crippen molar-refractivity contribution in [1.29, 1.82) is 0 Å². The lowest BCUT2D eigenvalue weighted by Crippen LogP contribution is -2.35. The predicted molar refractivity (Wildman–Crippen MR) is 88.2 cm³/mol. The third-order valence-corrected chi connectivity index (χ3v) is 5.33. The highest BCUT2D eigenvalue weighted by Gasteiger charge is 2.19. The molecule has 1 aliphatic heterocycles. The molecule has 0 bridgehead atoms. The predicted octanol–water partition coefficient (Wildman–Crippen LogP) is 2.71. The van der Waals surface area contributed by atoms with Crippen LogP contribution in [-0.4, -0.2) is 34.3 Å². The van der Waals surface area contributed by atoms with Gasteiger partial charge < -0.3 is 5.73 Å². The minimum Gasteiger partial charge on any atom is -0.330 e. The number of thiophene rings is 1. The van der Waals surface area contributed by atoms with Crippen molar-refractivity contribution in [2.75, 3.05) is 19.6 Å². The van der Waals surface area contributed by atoms with Gasteiger partial charge in [0, 0.05) is 41.7 Å². The van der Waals surface area contributed by atoms with Gasteiger partial charge in [-0.05, 0) is 50.4 Å². The Labute approximate surface area is 130 Å². The molecule has 1 fully saturated rings. The third kappa shape index (κ3) is 3.73. The van der Waals surface area contributed by atoms with Crippen LogP contribution in [0.15, 0.2) is 24.5 Å². The van der Waals surface area contributed by atoms with Crippen molar-refractivity contribution in [3.8, 4) is 10.4 Å². The van der Waals surface area contributed by atoms with Crippen LogP contribution in [-0.2, 0) is 13.6 Å². The van der Waals surface area contributed by atoms with Gasteiger partial charge >= 0.3 is 0 Å². The average molecular weight is 304 g/mol. The molecule has 1 saturated heterocycles. The molecule has 4 nitrogen and oxygen atoms in total. The zero-order valence-electron chi connectivity index (χ0n) is 12.7. The Bertz CT molecular complexity index is 572. The van der Waals surface area contributed by atoms with E-state index in [1.165, 1.54) is 47.7 Å². The molecule has 0 saturated carbocycles. The molecule has 0 radical (unpaired) electrons. The Balaban J connectivity index is 1.61. The number of nitrogens with two attached hydrogens (primary N) is 1. The fourth-order valence-electron chi connectivity index (χ4n) is 3.15. The van der Waals surface area contributed by atoms with E-state index in [0.29, 0.717) is 0 Å². The van der Waals surface area contributed by atoms with Crippen molar-refractivity contribution < 1.29 is 0 Å². The second-order valence-corrected chi connectivity index (χ2v) is 7.16. The van der Waals surface area contributed by atoms with Crippen LogP contribution in [0.3, 0.4) is 0 Å². The van der Waals surface area contributed by atoms with Crippen LogP contribution in [0.25, 0.3) is 10.4 Å². The normalized spacial score (nSPS) is 20.0. The van der Waals surface area contributed by atoms with Gasteiger partial charge in [0.1, 0.15) is 0 Å². The highest BCUT2D eigenvalue weighted by molar-refractivity contribution is 7.15. The summed E-state index contributed by atoms with van der Waals surface area (Å²) >= 11 is 1.89. The van der Waals surface area contributed by atoms with Crippen molar-refractivity contribution in [1.82, 2.24) is 14.7 Å². The van der Waals surface area contributed by atoms with E-state index in [2.05, 4.69) is 28.3 Å². The summed E-state index contributed by atoms with van der Waals surface area (Å²) in [5, 5.41) is 4.25. The summed E-state index contributed by atoms with van der Waals surface area (Å²) in [7, 11) is 1.96. The van der Waals surface area contributed by atoms with Gasteiger partial charge in [-0.3, -0.25) is 9.58 Å². The molecule has 5 heteroatoms. The lowest BCUT2D eigenvalue weighted by molar-refractivity contribution is 0.164. The van der Waals surface area contributed by atoms with E-state index >= 15 is 0 Å². The number of rotatable bonds is 5. The minimum atomic E-state index is 0.793. The maximum absolute atomic E-state index is 5.70. The van der Waals surface area contributed by atoms with E-state index in [1.807, 2.05) is 29.3 Å². The smallest absolute Gasteiger partial charge is 0.0576 e.